The molecule has 0 saturated heterocycles. The summed E-state index contributed by atoms with van der Waals surface area (Å²) in [5, 5.41) is 5.86. The van der Waals surface area contributed by atoms with Crippen molar-refractivity contribution in [3.05, 3.63) is 60.7 Å². The average molecular weight is 384 g/mol. The van der Waals surface area contributed by atoms with Gasteiger partial charge < -0.3 is 15.4 Å². The van der Waals surface area contributed by atoms with Crippen LogP contribution in [-0.2, 0) is 4.79 Å². The molecule has 1 aromatic carbocycles. The van der Waals surface area contributed by atoms with Gasteiger partial charge in [0.1, 0.15) is 23.8 Å². The van der Waals surface area contributed by atoms with Crippen LogP contribution in [0.1, 0.15) is 12.7 Å². The van der Waals surface area contributed by atoms with Crippen molar-refractivity contribution in [3.8, 4) is 11.6 Å². The largest absolute Gasteiger partial charge is 0.478 e. The predicted octanol–water partition coefficient (Wildman–Crippen LogP) is 2.11. The van der Waals surface area contributed by atoms with Crippen molar-refractivity contribution >= 4 is 11.7 Å². The van der Waals surface area contributed by atoms with E-state index < -0.39 is 11.9 Å². The molecule has 0 bridgehead atoms. The number of amides is 1. The fourth-order valence-corrected chi connectivity index (χ4v) is 2.50. The first-order valence-electron chi connectivity index (χ1n) is 8.79. The highest BCUT2D eigenvalue weighted by atomic mass is 19.1. The summed E-state index contributed by atoms with van der Waals surface area (Å²) in [6.45, 7) is 4.26. The van der Waals surface area contributed by atoms with Gasteiger partial charge in [0.2, 0.25) is 0 Å². The van der Waals surface area contributed by atoms with Gasteiger partial charge in [0.15, 0.2) is 17.7 Å². The molecule has 3 aromatic rings. The first-order valence-corrected chi connectivity index (χ1v) is 8.79. The topological polar surface area (TPSA) is 94.0 Å². The second-order valence-electron chi connectivity index (χ2n) is 6.01. The number of hydrogen-bond acceptors (Lipinski definition) is 6. The Hall–Kier alpha value is -3.49. The highest BCUT2D eigenvalue weighted by molar-refractivity contribution is 5.80. The van der Waals surface area contributed by atoms with E-state index >= 15 is 0 Å². The molecule has 1 atom stereocenters. The van der Waals surface area contributed by atoms with Crippen molar-refractivity contribution in [1.29, 1.82) is 0 Å². The van der Waals surface area contributed by atoms with Crippen LogP contribution in [0.2, 0.25) is 0 Å². The van der Waals surface area contributed by atoms with Crippen molar-refractivity contribution in [3.63, 3.8) is 0 Å². The maximum absolute atomic E-state index is 13.6. The number of carbonyl (C=O) groups excluding carboxylic acids is 1. The summed E-state index contributed by atoms with van der Waals surface area (Å²) in [6, 6.07) is 7.76. The molecule has 0 unspecified atom stereocenters. The van der Waals surface area contributed by atoms with Crippen LogP contribution >= 0.6 is 0 Å². The summed E-state index contributed by atoms with van der Waals surface area (Å²) in [5.74, 6) is 1.36. The fraction of sp³-hybridized carbons (Fsp3) is 0.263. The van der Waals surface area contributed by atoms with Crippen LogP contribution in [-0.4, -0.2) is 44.6 Å². The third-order valence-electron chi connectivity index (χ3n) is 3.97. The van der Waals surface area contributed by atoms with Crippen molar-refractivity contribution in [2.45, 2.75) is 20.0 Å². The molecular weight excluding hydrogens is 363 g/mol. The van der Waals surface area contributed by atoms with Crippen LogP contribution in [0, 0.1) is 12.7 Å². The lowest BCUT2D eigenvalue weighted by molar-refractivity contribution is -0.127. The van der Waals surface area contributed by atoms with Gasteiger partial charge in [-0.1, -0.05) is 12.1 Å². The number of para-hydroxylation sites is 1. The van der Waals surface area contributed by atoms with Crippen LogP contribution in [0.5, 0.6) is 5.75 Å². The SMILES string of the molecule is Cc1nccn1-c1cc(NCCNC(=O)[C@H](C)Oc2ccccc2F)ncn1. The van der Waals surface area contributed by atoms with E-state index in [9.17, 15) is 9.18 Å². The van der Waals surface area contributed by atoms with Gasteiger partial charge in [0.25, 0.3) is 5.91 Å². The molecule has 0 aliphatic heterocycles. The molecule has 2 N–H and O–H groups in total. The summed E-state index contributed by atoms with van der Waals surface area (Å²) in [7, 11) is 0. The molecular formula is C19H21FN6O2. The highest BCUT2D eigenvalue weighted by Gasteiger charge is 2.15. The molecule has 0 aliphatic carbocycles. The predicted molar refractivity (Wildman–Crippen MR) is 102 cm³/mol. The van der Waals surface area contributed by atoms with Crippen molar-refractivity contribution < 1.29 is 13.9 Å². The Morgan fingerprint density at radius 3 is 2.82 bits per heavy atom. The quantitative estimate of drug-likeness (QED) is 0.578. The molecule has 0 fully saturated rings. The van der Waals surface area contributed by atoms with Gasteiger partial charge >= 0.3 is 0 Å². The van der Waals surface area contributed by atoms with Gasteiger partial charge in [-0.2, -0.15) is 0 Å². The first-order chi connectivity index (χ1) is 13.5. The van der Waals surface area contributed by atoms with Gasteiger partial charge in [-0.05, 0) is 26.0 Å². The van der Waals surface area contributed by atoms with Gasteiger partial charge in [-0.15, -0.1) is 0 Å². The Bertz CT molecular complexity index is 945. The van der Waals surface area contributed by atoms with E-state index in [0.717, 1.165) is 5.82 Å². The summed E-state index contributed by atoms with van der Waals surface area (Å²) in [5.41, 5.74) is 0. The van der Waals surface area contributed by atoms with E-state index in [4.69, 9.17) is 4.74 Å². The number of aryl methyl sites for hydroxylation is 1. The number of benzene rings is 1. The summed E-state index contributed by atoms with van der Waals surface area (Å²) in [6.07, 6.45) is 4.16. The van der Waals surface area contributed by atoms with Crippen molar-refractivity contribution in [2.75, 3.05) is 18.4 Å². The van der Waals surface area contributed by atoms with Gasteiger partial charge in [0.05, 0.1) is 0 Å². The van der Waals surface area contributed by atoms with Crippen LogP contribution in [0.3, 0.4) is 0 Å². The molecule has 8 nitrogen and oxygen atoms in total. The number of ether oxygens (including phenoxy) is 1. The molecule has 2 heterocycles. The van der Waals surface area contributed by atoms with Crippen LogP contribution in [0.4, 0.5) is 10.2 Å². The molecule has 0 aliphatic rings. The maximum atomic E-state index is 13.6. The van der Waals surface area contributed by atoms with E-state index in [1.54, 1.807) is 31.3 Å². The first kappa shape index (κ1) is 19.3. The molecule has 2 aromatic heterocycles. The second-order valence-corrected chi connectivity index (χ2v) is 6.01. The Morgan fingerprint density at radius 2 is 2.07 bits per heavy atom. The minimum Gasteiger partial charge on any atom is -0.478 e. The molecule has 9 heteroatoms. The maximum Gasteiger partial charge on any atom is 0.260 e. The fourth-order valence-electron chi connectivity index (χ4n) is 2.50. The van der Waals surface area contributed by atoms with Crippen molar-refractivity contribution in [2.24, 2.45) is 0 Å². The van der Waals surface area contributed by atoms with Crippen LogP contribution in [0.15, 0.2) is 49.1 Å². The zero-order chi connectivity index (χ0) is 19.9. The zero-order valence-corrected chi connectivity index (χ0v) is 15.6. The van der Waals surface area contributed by atoms with Crippen molar-refractivity contribution in [1.82, 2.24) is 24.8 Å². The van der Waals surface area contributed by atoms with E-state index in [0.29, 0.717) is 24.7 Å². The number of rotatable bonds is 8. The number of nitrogens with one attached hydrogen (secondary N) is 2. The van der Waals surface area contributed by atoms with E-state index in [1.807, 2.05) is 17.7 Å². The Labute approximate surface area is 161 Å². The lowest BCUT2D eigenvalue weighted by Gasteiger charge is -2.15. The van der Waals surface area contributed by atoms with E-state index in [1.165, 1.54) is 18.5 Å². The van der Waals surface area contributed by atoms with Crippen LogP contribution < -0.4 is 15.4 Å². The number of imidazole rings is 1. The van der Waals surface area contributed by atoms with E-state index in [2.05, 4.69) is 25.6 Å². The standard InChI is InChI=1S/C19H21FN6O2/c1-13(28-16-6-4-3-5-15(16)20)19(27)23-8-7-22-17-11-18(25-12-24-17)26-10-9-21-14(26)2/h3-6,9-13H,7-8H2,1-2H3,(H,23,27)(H,22,24,25)/t13-/m0/s1. The van der Waals surface area contributed by atoms with Gasteiger partial charge in [-0.3, -0.25) is 9.36 Å². The number of carbonyl (C=O) groups is 1. The molecule has 3 rings (SSSR count). The van der Waals surface area contributed by atoms with Crippen LogP contribution in [0.25, 0.3) is 5.82 Å². The Kier molecular flexibility index (Phi) is 6.15. The van der Waals surface area contributed by atoms with E-state index in [-0.39, 0.29) is 11.7 Å². The third kappa shape index (κ3) is 4.81. The number of anilines is 1. The number of hydrogen-bond donors (Lipinski definition) is 2. The molecule has 0 spiro atoms. The zero-order valence-electron chi connectivity index (χ0n) is 15.6. The molecule has 0 radical (unpaired) electrons. The highest BCUT2D eigenvalue weighted by Crippen LogP contribution is 2.17. The number of halogens is 1. The molecule has 0 saturated carbocycles. The number of nitrogens with zero attached hydrogens (tertiary/aromatic N) is 4. The minimum atomic E-state index is -0.813. The monoisotopic (exact) mass is 384 g/mol. The Balaban J connectivity index is 1.46. The lowest BCUT2D eigenvalue weighted by Crippen LogP contribution is -2.38. The smallest absolute Gasteiger partial charge is 0.260 e. The molecule has 146 valence electrons. The Morgan fingerprint density at radius 1 is 1.25 bits per heavy atom. The van der Waals surface area contributed by atoms with Gasteiger partial charge in [0, 0.05) is 31.5 Å². The molecule has 28 heavy (non-hydrogen) atoms. The molecule has 1 amide bonds. The summed E-state index contributed by atoms with van der Waals surface area (Å²) in [4.78, 5) is 24.6. The summed E-state index contributed by atoms with van der Waals surface area (Å²) < 4.78 is 20.8. The lowest BCUT2D eigenvalue weighted by atomic mass is 10.3. The summed E-state index contributed by atoms with van der Waals surface area (Å²) >= 11 is 0. The second kappa shape index (κ2) is 8.94. The normalized spacial score (nSPS) is 11.7. The number of aromatic nitrogens is 4. The average Bonchev–Trinajstić information content (AvgIpc) is 3.13. The van der Waals surface area contributed by atoms with Gasteiger partial charge in [-0.25, -0.2) is 19.3 Å². The minimum absolute atomic E-state index is 0.0478. The third-order valence-corrected chi connectivity index (χ3v) is 3.97.